The third-order valence-electron chi connectivity index (χ3n) is 6.45. The molecule has 1 saturated heterocycles. The van der Waals surface area contributed by atoms with Crippen molar-refractivity contribution >= 4 is 28.0 Å². The molecule has 4 heterocycles. The second-order valence-electron chi connectivity index (χ2n) is 10.3. The van der Waals surface area contributed by atoms with E-state index in [9.17, 15) is 10.1 Å². The van der Waals surface area contributed by atoms with Gasteiger partial charge in [-0.2, -0.15) is 10.4 Å². The molecule has 1 aliphatic heterocycles. The average Bonchev–Trinajstić information content (AvgIpc) is 3.25. The normalized spacial score (nSPS) is 14.6. The highest BCUT2D eigenvalue weighted by molar-refractivity contribution is 5.93. The Kier molecular flexibility index (Phi) is 6.15. The van der Waals surface area contributed by atoms with Gasteiger partial charge >= 0.3 is 6.09 Å². The number of likely N-dealkylation sites (tertiary alicyclic amines) is 1. The quantitative estimate of drug-likeness (QED) is 0.402. The number of fused-ring (bicyclic) bond motifs is 2. The highest BCUT2D eigenvalue weighted by Gasteiger charge is 2.28. The first-order valence-electron chi connectivity index (χ1n) is 12.2. The molecule has 10 nitrogen and oxygen atoms in total. The molecule has 1 fully saturated rings. The summed E-state index contributed by atoms with van der Waals surface area (Å²) in [6, 6.07) is 8.05. The summed E-state index contributed by atoms with van der Waals surface area (Å²) in [6.45, 7) is 6.89. The van der Waals surface area contributed by atoms with Gasteiger partial charge in [-0.05, 0) is 51.8 Å². The summed E-state index contributed by atoms with van der Waals surface area (Å²) in [5.74, 6) is 1.09. The predicted molar refractivity (Wildman–Crippen MR) is 138 cm³/mol. The van der Waals surface area contributed by atoms with E-state index >= 15 is 0 Å². The van der Waals surface area contributed by atoms with Gasteiger partial charge in [-0.1, -0.05) is 0 Å². The van der Waals surface area contributed by atoms with Gasteiger partial charge in [-0.15, -0.1) is 0 Å². The lowest BCUT2D eigenvalue weighted by Gasteiger charge is -2.33. The van der Waals surface area contributed by atoms with E-state index in [1.807, 2.05) is 52.2 Å². The molecule has 3 aromatic heterocycles. The zero-order valence-electron chi connectivity index (χ0n) is 21.6. The minimum Gasteiger partial charge on any atom is -0.495 e. The Bertz CT molecular complexity index is 1540. The Morgan fingerprint density at radius 3 is 2.59 bits per heavy atom. The van der Waals surface area contributed by atoms with Crippen LogP contribution in [0.25, 0.3) is 33.3 Å². The van der Waals surface area contributed by atoms with E-state index in [4.69, 9.17) is 19.4 Å². The molecular weight excluding hydrogens is 470 g/mol. The number of hydrogen-bond acceptors (Lipinski definition) is 8. The van der Waals surface area contributed by atoms with Crippen LogP contribution in [-0.4, -0.2) is 61.5 Å². The predicted octanol–water partition coefficient (Wildman–Crippen LogP) is 4.57. The molecule has 0 saturated carbocycles. The molecule has 5 rings (SSSR count). The van der Waals surface area contributed by atoms with Crippen molar-refractivity contribution < 1.29 is 14.3 Å². The zero-order valence-corrected chi connectivity index (χ0v) is 21.6. The fourth-order valence-electron chi connectivity index (χ4n) is 4.73. The summed E-state index contributed by atoms with van der Waals surface area (Å²) in [4.78, 5) is 28.3. The number of nitriles is 1. The van der Waals surface area contributed by atoms with Crippen LogP contribution in [0.5, 0.6) is 5.75 Å². The number of ether oxygens (including phenoxy) is 2. The van der Waals surface area contributed by atoms with Gasteiger partial charge in [0.25, 0.3) is 0 Å². The van der Waals surface area contributed by atoms with Crippen LogP contribution in [0.1, 0.15) is 50.8 Å². The number of pyridine rings is 1. The topological polar surface area (TPSA) is 119 Å². The van der Waals surface area contributed by atoms with Crippen LogP contribution < -0.4 is 4.74 Å². The van der Waals surface area contributed by atoms with Crippen LogP contribution in [0.4, 0.5) is 4.79 Å². The Morgan fingerprint density at radius 1 is 1.16 bits per heavy atom. The van der Waals surface area contributed by atoms with Crippen molar-refractivity contribution in [3.05, 3.63) is 41.9 Å². The molecule has 190 valence electrons. The van der Waals surface area contributed by atoms with E-state index < -0.39 is 5.60 Å². The van der Waals surface area contributed by atoms with Crippen LogP contribution in [-0.2, 0) is 11.8 Å². The first-order valence-corrected chi connectivity index (χ1v) is 12.2. The number of carbonyl (C=O) groups excluding carboxylic acids is 1. The van der Waals surface area contributed by atoms with Crippen LogP contribution in [0, 0.1) is 11.3 Å². The monoisotopic (exact) mass is 499 g/mol. The lowest BCUT2D eigenvalue weighted by Crippen LogP contribution is -2.41. The van der Waals surface area contributed by atoms with Crippen molar-refractivity contribution in [1.82, 2.24) is 29.6 Å². The molecule has 0 spiro atoms. The molecule has 0 unspecified atom stereocenters. The summed E-state index contributed by atoms with van der Waals surface area (Å²) in [7, 11) is 3.34. The fourth-order valence-corrected chi connectivity index (χ4v) is 4.73. The van der Waals surface area contributed by atoms with E-state index in [-0.39, 0.29) is 12.0 Å². The maximum absolute atomic E-state index is 12.4. The number of benzene rings is 1. The van der Waals surface area contributed by atoms with Gasteiger partial charge in [0.05, 0.1) is 24.4 Å². The van der Waals surface area contributed by atoms with Gasteiger partial charge in [0.15, 0.2) is 5.82 Å². The first kappa shape index (κ1) is 24.4. The minimum absolute atomic E-state index is 0.244. The van der Waals surface area contributed by atoms with Gasteiger partial charge in [-0.3, -0.25) is 4.68 Å². The average molecular weight is 500 g/mol. The molecule has 0 N–H and O–H groups in total. The van der Waals surface area contributed by atoms with Crippen LogP contribution in [0.15, 0.2) is 30.6 Å². The van der Waals surface area contributed by atoms with E-state index in [2.05, 4.69) is 16.2 Å². The molecule has 1 aliphatic rings. The lowest BCUT2D eigenvalue weighted by molar-refractivity contribution is 0.0204. The zero-order chi connectivity index (χ0) is 26.3. The molecule has 0 aliphatic carbocycles. The number of aryl methyl sites for hydroxylation is 1. The maximum atomic E-state index is 12.4. The number of nitrogens with zero attached hydrogens (tertiary/aromatic N) is 7. The second kappa shape index (κ2) is 9.32. The molecule has 0 bridgehead atoms. The standard InChI is InChI=1S/C27H29N7O3/c1-27(2,3)37-26(35)34-10-8-16(9-11-34)20-6-7-21-22(30-20)14-29-25(31-21)18-12-17-15-33(4)32-23(17)19(13-28)24(18)36-5/h6-7,12,14-16H,8-11H2,1-5H3. The smallest absolute Gasteiger partial charge is 0.410 e. The van der Waals surface area contributed by atoms with Gasteiger partial charge in [0, 0.05) is 43.3 Å². The summed E-state index contributed by atoms with van der Waals surface area (Å²) in [5, 5.41) is 15.0. The number of methoxy groups -OCH3 is 1. The number of piperidine rings is 1. The Labute approximate surface area is 214 Å². The highest BCUT2D eigenvalue weighted by atomic mass is 16.6. The number of aromatic nitrogens is 5. The van der Waals surface area contributed by atoms with E-state index in [1.54, 1.807) is 15.8 Å². The van der Waals surface area contributed by atoms with E-state index in [1.165, 1.54) is 7.11 Å². The van der Waals surface area contributed by atoms with Crippen molar-refractivity contribution in [1.29, 1.82) is 5.26 Å². The number of carbonyl (C=O) groups is 1. The Hall–Kier alpha value is -4.26. The van der Waals surface area contributed by atoms with Crippen molar-refractivity contribution in [2.45, 2.75) is 45.1 Å². The largest absolute Gasteiger partial charge is 0.495 e. The summed E-state index contributed by atoms with van der Waals surface area (Å²) in [5.41, 5.74) is 3.41. The van der Waals surface area contributed by atoms with Crippen molar-refractivity contribution in [2.75, 3.05) is 20.2 Å². The molecule has 0 radical (unpaired) electrons. The van der Waals surface area contributed by atoms with Crippen LogP contribution >= 0.6 is 0 Å². The van der Waals surface area contributed by atoms with Gasteiger partial charge in [-0.25, -0.2) is 19.7 Å². The Balaban J connectivity index is 1.40. The fraction of sp³-hybridized carbons (Fsp3) is 0.407. The summed E-state index contributed by atoms with van der Waals surface area (Å²) in [6.07, 6.45) is 4.92. The third kappa shape index (κ3) is 4.77. The SMILES string of the molecule is COc1c(-c2ncc3nc(C4CCN(C(=O)OC(C)(C)C)CC4)ccc3n2)cc2cn(C)nc2c1C#N. The van der Waals surface area contributed by atoms with Crippen LogP contribution in [0.3, 0.4) is 0 Å². The molecule has 4 aromatic rings. The van der Waals surface area contributed by atoms with E-state index in [0.717, 1.165) is 23.9 Å². The maximum Gasteiger partial charge on any atom is 0.410 e. The number of rotatable bonds is 3. The molecule has 37 heavy (non-hydrogen) atoms. The summed E-state index contributed by atoms with van der Waals surface area (Å²) < 4.78 is 12.8. The van der Waals surface area contributed by atoms with Gasteiger partial charge in [0.2, 0.25) is 0 Å². The molecule has 1 aromatic carbocycles. The van der Waals surface area contributed by atoms with Crippen LogP contribution in [0.2, 0.25) is 0 Å². The number of hydrogen-bond donors (Lipinski definition) is 0. The van der Waals surface area contributed by atoms with E-state index in [0.29, 0.717) is 52.3 Å². The summed E-state index contributed by atoms with van der Waals surface area (Å²) >= 11 is 0. The number of amides is 1. The van der Waals surface area contributed by atoms with Crippen molar-refractivity contribution in [2.24, 2.45) is 7.05 Å². The first-order chi connectivity index (χ1) is 17.7. The van der Waals surface area contributed by atoms with Gasteiger partial charge < -0.3 is 14.4 Å². The molecule has 0 atom stereocenters. The van der Waals surface area contributed by atoms with Gasteiger partial charge in [0.1, 0.15) is 34.0 Å². The second-order valence-corrected chi connectivity index (χ2v) is 10.3. The Morgan fingerprint density at radius 2 is 1.92 bits per heavy atom. The molecule has 10 heteroatoms. The highest BCUT2D eigenvalue weighted by Crippen LogP contribution is 2.37. The lowest BCUT2D eigenvalue weighted by atomic mass is 9.93. The van der Waals surface area contributed by atoms with Crippen molar-refractivity contribution in [3.63, 3.8) is 0 Å². The third-order valence-corrected chi connectivity index (χ3v) is 6.45. The molecular formula is C27H29N7O3. The van der Waals surface area contributed by atoms with Crippen molar-refractivity contribution in [3.8, 4) is 23.2 Å². The molecule has 1 amide bonds. The minimum atomic E-state index is -0.503.